The van der Waals surface area contributed by atoms with Gasteiger partial charge in [-0.05, 0) is 74.9 Å². The van der Waals surface area contributed by atoms with Crippen LogP contribution < -0.4 is 10.2 Å². The van der Waals surface area contributed by atoms with Crippen LogP contribution in [0.25, 0.3) is 0 Å². The van der Waals surface area contributed by atoms with Gasteiger partial charge in [0.05, 0.1) is 16.6 Å². The lowest BCUT2D eigenvalue weighted by Crippen LogP contribution is -2.44. The number of alkyl halides is 3. The van der Waals surface area contributed by atoms with E-state index in [0.29, 0.717) is 43.8 Å². The molecule has 4 heterocycles. The van der Waals surface area contributed by atoms with Crippen LogP contribution >= 0.6 is 0 Å². The van der Waals surface area contributed by atoms with Gasteiger partial charge < -0.3 is 15.3 Å². The molecule has 2 bridgehead atoms. The number of aromatic nitrogens is 1. The highest BCUT2D eigenvalue weighted by atomic mass is 32.2. The average Bonchev–Trinajstić information content (AvgIpc) is 3.10. The molecule has 11 heteroatoms. The highest BCUT2D eigenvalue weighted by Crippen LogP contribution is 2.39. The molecule has 35 heavy (non-hydrogen) atoms. The normalized spacial score (nSPS) is 26.2. The Hall–Kier alpha value is -2.37. The molecule has 2 N–H and O–H groups in total. The van der Waals surface area contributed by atoms with E-state index in [1.165, 1.54) is 10.4 Å². The van der Waals surface area contributed by atoms with Crippen molar-refractivity contribution in [1.29, 1.82) is 0 Å². The molecule has 3 aliphatic heterocycles. The van der Waals surface area contributed by atoms with Crippen LogP contribution in [0.1, 0.15) is 44.1 Å². The van der Waals surface area contributed by atoms with Gasteiger partial charge in [-0.25, -0.2) is 13.4 Å². The third kappa shape index (κ3) is 4.99. The molecule has 3 saturated heterocycles. The lowest BCUT2D eigenvalue weighted by Gasteiger charge is -2.39. The number of anilines is 2. The number of benzene rings is 1. The zero-order chi connectivity index (χ0) is 24.8. The number of hydrogen-bond acceptors (Lipinski definition) is 6. The fourth-order valence-corrected chi connectivity index (χ4v) is 7.08. The Balaban J connectivity index is 1.19. The zero-order valence-electron chi connectivity index (χ0n) is 19.2. The summed E-state index contributed by atoms with van der Waals surface area (Å²) in [5.74, 6) is 0.342. The number of piperidine rings is 2. The van der Waals surface area contributed by atoms with Gasteiger partial charge in [-0.3, -0.25) is 0 Å². The Labute approximate surface area is 203 Å². The number of pyridine rings is 1. The monoisotopic (exact) mass is 510 g/mol. The number of fused-ring (bicyclic) bond motifs is 2. The standard InChI is InChI=1S/C24H29F3N4O3S/c25-24(26,27)16-1-8-23(28-15-16)29-17-9-11-30(12-10-17)35(33,34)22-6-4-18(5-7-22)31-19-2-3-20(31)14-21(32)13-19/h1,4-8,15,17,19-21,32H,2-3,9-14H2,(H,28,29)/t19-,20+,21?. The molecular formula is C24H29F3N4O3S. The van der Waals surface area contributed by atoms with Gasteiger partial charge in [-0.15, -0.1) is 0 Å². The Kier molecular flexibility index (Phi) is 6.43. The lowest BCUT2D eigenvalue weighted by molar-refractivity contribution is -0.137. The van der Waals surface area contributed by atoms with E-state index in [1.54, 1.807) is 12.1 Å². The Morgan fingerprint density at radius 1 is 0.943 bits per heavy atom. The van der Waals surface area contributed by atoms with E-state index in [1.807, 2.05) is 12.1 Å². The molecule has 0 amide bonds. The first-order valence-corrected chi connectivity index (χ1v) is 13.4. The molecule has 3 fully saturated rings. The molecule has 7 nitrogen and oxygen atoms in total. The predicted octanol–water partition coefficient (Wildman–Crippen LogP) is 3.86. The minimum Gasteiger partial charge on any atom is -0.393 e. The molecule has 0 saturated carbocycles. The average molecular weight is 511 g/mol. The first-order valence-electron chi connectivity index (χ1n) is 12.0. The van der Waals surface area contributed by atoms with Crippen molar-refractivity contribution in [3.63, 3.8) is 0 Å². The Bertz CT molecular complexity index is 1120. The quantitative estimate of drug-likeness (QED) is 0.636. The molecule has 2 aromatic rings. The molecule has 3 atom stereocenters. The van der Waals surface area contributed by atoms with Gasteiger partial charge in [0.25, 0.3) is 0 Å². The molecule has 1 aromatic heterocycles. The van der Waals surface area contributed by atoms with Crippen LogP contribution in [-0.2, 0) is 16.2 Å². The molecular weight excluding hydrogens is 481 g/mol. The zero-order valence-corrected chi connectivity index (χ0v) is 20.0. The largest absolute Gasteiger partial charge is 0.417 e. The van der Waals surface area contributed by atoms with E-state index in [0.717, 1.165) is 43.6 Å². The third-order valence-corrected chi connectivity index (χ3v) is 9.29. The molecule has 0 radical (unpaired) electrons. The molecule has 5 rings (SSSR count). The Morgan fingerprint density at radius 3 is 2.11 bits per heavy atom. The van der Waals surface area contributed by atoms with Crippen molar-refractivity contribution in [3.05, 3.63) is 48.2 Å². The third-order valence-electron chi connectivity index (χ3n) is 7.38. The fourth-order valence-electron chi connectivity index (χ4n) is 5.61. The molecule has 190 valence electrons. The van der Waals surface area contributed by atoms with E-state index in [4.69, 9.17) is 0 Å². The minimum atomic E-state index is -4.43. The SMILES string of the molecule is O=S(=O)(c1ccc(N2[C@@H]3CC[C@H]2CC(O)C3)cc1)N1CCC(Nc2ccc(C(F)(F)F)cn2)CC1. The molecule has 1 aromatic carbocycles. The van der Waals surface area contributed by atoms with Gasteiger partial charge in [0, 0.05) is 43.1 Å². The number of halogens is 3. The van der Waals surface area contributed by atoms with Crippen LogP contribution in [-0.4, -0.2) is 60.1 Å². The maximum Gasteiger partial charge on any atom is 0.417 e. The van der Waals surface area contributed by atoms with Crippen LogP contribution in [0, 0.1) is 0 Å². The van der Waals surface area contributed by atoms with Crippen molar-refractivity contribution in [1.82, 2.24) is 9.29 Å². The minimum absolute atomic E-state index is 0.0713. The number of aliphatic hydroxyl groups is 1. The topological polar surface area (TPSA) is 85.8 Å². The van der Waals surface area contributed by atoms with Gasteiger partial charge in [-0.2, -0.15) is 17.5 Å². The van der Waals surface area contributed by atoms with Crippen molar-refractivity contribution in [2.24, 2.45) is 0 Å². The first kappa shape index (κ1) is 24.3. The van der Waals surface area contributed by atoms with Crippen molar-refractivity contribution in [3.8, 4) is 0 Å². The van der Waals surface area contributed by atoms with Crippen LogP contribution in [0.3, 0.4) is 0 Å². The van der Waals surface area contributed by atoms with E-state index < -0.39 is 21.8 Å². The highest BCUT2D eigenvalue weighted by molar-refractivity contribution is 7.89. The Morgan fingerprint density at radius 2 is 1.57 bits per heavy atom. The van der Waals surface area contributed by atoms with Crippen LogP contribution in [0.2, 0.25) is 0 Å². The van der Waals surface area contributed by atoms with Gasteiger partial charge in [0.2, 0.25) is 10.0 Å². The molecule has 3 aliphatic rings. The van der Waals surface area contributed by atoms with Gasteiger partial charge in [0.15, 0.2) is 0 Å². The number of sulfonamides is 1. The maximum atomic E-state index is 13.2. The summed E-state index contributed by atoms with van der Waals surface area (Å²) in [4.78, 5) is 6.42. The smallest absolute Gasteiger partial charge is 0.393 e. The second-order valence-electron chi connectivity index (χ2n) is 9.66. The van der Waals surface area contributed by atoms with Crippen LogP contribution in [0.4, 0.5) is 24.7 Å². The van der Waals surface area contributed by atoms with E-state index >= 15 is 0 Å². The number of nitrogens with zero attached hydrogens (tertiary/aromatic N) is 3. The summed E-state index contributed by atoms with van der Waals surface area (Å²) in [7, 11) is -3.64. The maximum absolute atomic E-state index is 13.2. The van der Waals surface area contributed by atoms with Crippen molar-refractivity contribution >= 4 is 21.5 Å². The number of aliphatic hydroxyl groups excluding tert-OH is 1. The van der Waals surface area contributed by atoms with E-state index in [2.05, 4.69) is 15.2 Å². The van der Waals surface area contributed by atoms with Gasteiger partial charge in [0.1, 0.15) is 5.82 Å². The summed E-state index contributed by atoms with van der Waals surface area (Å²) in [6, 6.07) is 9.85. The first-order chi connectivity index (χ1) is 16.6. The second kappa shape index (κ2) is 9.25. The van der Waals surface area contributed by atoms with E-state index in [-0.39, 0.29) is 17.0 Å². The summed E-state index contributed by atoms with van der Waals surface area (Å²) < 4.78 is 66.0. The second-order valence-corrected chi connectivity index (χ2v) is 11.6. The summed E-state index contributed by atoms with van der Waals surface area (Å²) in [6.07, 6.45) is 0.764. The van der Waals surface area contributed by atoms with Gasteiger partial charge >= 0.3 is 6.18 Å². The lowest BCUT2D eigenvalue weighted by atomic mass is 9.99. The molecule has 0 aliphatic carbocycles. The molecule has 0 spiro atoms. The summed E-state index contributed by atoms with van der Waals surface area (Å²) >= 11 is 0. The predicted molar refractivity (Wildman–Crippen MR) is 126 cm³/mol. The van der Waals surface area contributed by atoms with Crippen molar-refractivity contribution in [2.75, 3.05) is 23.3 Å². The van der Waals surface area contributed by atoms with Crippen LogP contribution in [0.15, 0.2) is 47.5 Å². The van der Waals surface area contributed by atoms with Crippen molar-refractivity contribution in [2.45, 2.75) is 73.8 Å². The summed E-state index contributed by atoms with van der Waals surface area (Å²) in [6.45, 7) is 0.632. The number of hydrogen-bond donors (Lipinski definition) is 2. The summed E-state index contributed by atoms with van der Waals surface area (Å²) in [5, 5.41) is 13.1. The summed E-state index contributed by atoms with van der Waals surface area (Å²) in [5.41, 5.74) is 0.191. The van der Waals surface area contributed by atoms with Gasteiger partial charge in [-0.1, -0.05) is 0 Å². The van der Waals surface area contributed by atoms with Crippen LogP contribution in [0.5, 0.6) is 0 Å². The van der Waals surface area contributed by atoms with Crippen molar-refractivity contribution < 1.29 is 26.7 Å². The highest BCUT2D eigenvalue weighted by Gasteiger charge is 2.40. The number of rotatable bonds is 5. The molecule has 1 unspecified atom stereocenters. The number of nitrogens with one attached hydrogen (secondary N) is 1. The fraction of sp³-hybridized carbons (Fsp3) is 0.542. The van der Waals surface area contributed by atoms with E-state index in [9.17, 15) is 26.7 Å².